The Kier molecular flexibility index (Phi) is 9.66. The highest BCUT2D eigenvalue weighted by molar-refractivity contribution is 7.92. The molecule has 4 atom stereocenters. The summed E-state index contributed by atoms with van der Waals surface area (Å²) < 4.78 is 41.3. The van der Waals surface area contributed by atoms with E-state index in [1.807, 2.05) is 60.8 Å². The van der Waals surface area contributed by atoms with Gasteiger partial charge in [-0.1, -0.05) is 67.6 Å². The number of aliphatic hydroxyl groups excluding tert-OH is 1. The van der Waals surface area contributed by atoms with Gasteiger partial charge < -0.3 is 19.5 Å². The van der Waals surface area contributed by atoms with Crippen LogP contribution in [0.4, 0.5) is 5.69 Å². The number of rotatable bonds is 11. The van der Waals surface area contributed by atoms with Gasteiger partial charge in [-0.3, -0.25) is 9.71 Å². The summed E-state index contributed by atoms with van der Waals surface area (Å²) in [7, 11) is -1.61. The average Bonchev–Trinajstić information content (AvgIpc) is 3.02. The largest absolute Gasteiger partial charge is 0.392 e. The predicted molar refractivity (Wildman–Crippen MR) is 162 cm³/mol. The van der Waals surface area contributed by atoms with Crippen molar-refractivity contribution < 1.29 is 23.0 Å². The van der Waals surface area contributed by atoms with E-state index in [0.29, 0.717) is 12.2 Å². The Morgan fingerprint density at radius 1 is 0.881 bits per heavy atom. The number of hydrogen-bond acceptors (Lipinski definition) is 7. The first-order valence-electron chi connectivity index (χ1n) is 14.1. The number of pyridine rings is 1. The highest BCUT2D eigenvalue weighted by Crippen LogP contribution is 2.42. The zero-order chi connectivity index (χ0) is 29.5. The first kappa shape index (κ1) is 29.9. The number of nitrogens with zero attached hydrogens (tertiary/aromatic N) is 2. The Hall–Kier alpha value is -3.60. The van der Waals surface area contributed by atoms with Crippen LogP contribution < -0.4 is 4.72 Å². The first-order chi connectivity index (χ1) is 20.3. The van der Waals surface area contributed by atoms with Gasteiger partial charge in [0.15, 0.2) is 6.29 Å². The van der Waals surface area contributed by atoms with Crippen molar-refractivity contribution in [1.29, 1.82) is 0 Å². The molecule has 1 fully saturated rings. The van der Waals surface area contributed by atoms with E-state index in [4.69, 9.17) is 9.47 Å². The van der Waals surface area contributed by atoms with Gasteiger partial charge >= 0.3 is 0 Å². The molecule has 9 heteroatoms. The van der Waals surface area contributed by atoms with Crippen LogP contribution in [-0.4, -0.2) is 49.6 Å². The van der Waals surface area contributed by atoms with Gasteiger partial charge in [0.05, 0.1) is 23.7 Å². The predicted octanol–water partition coefficient (Wildman–Crippen LogP) is 5.34. The van der Waals surface area contributed by atoms with Gasteiger partial charge in [-0.2, -0.15) is 0 Å². The molecule has 5 rings (SSSR count). The molecule has 0 radical (unpaired) electrons. The molecule has 0 aliphatic carbocycles. The molecule has 42 heavy (non-hydrogen) atoms. The molecule has 2 heterocycles. The summed E-state index contributed by atoms with van der Waals surface area (Å²) in [5.74, 6) is 0.0514. The lowest BCUT2D eigenvalue weighted by atomic mass is 9.90. The molecule has 0 spiro atoms. The number of aliphatic hydroxyl groups is 1. The minimum Gasteiger partial charge on any atom is -0.392 e. The highest BCUT2D eigenvalue weighted by Gasteiger charge is 2.38. The van der Waals surface area contributed by atoms with Gasteiger partial charge in [0.1, 0.15) is 0 Å². The number of hydrogen-bond donors (Lipinski definition) is 2. The molecule has 4 aromatic rings. The molecule has 220 valence electrons. The summed E-state index contributed by atoms with van der Waals surface area (Å²) >= 11 is 0. The number of benzene rings is 3. The molecule has 1 aromatic heterocycles. The molecule has 8 nitrogen and oxygen atoms in total. The Morgan fingerprint density at radius 3 is 2.24 bits per heavy atom. The second kappa shape index (κ2) is 13.6. The summed E-state index contributed by atoms with van der Waals surface area (Å²) in [5, 5.41) is 9.51. The van der Waals surface area contributed by atoms with Crippen molar-refractivity contribution in [3.63, 3.8) is 0 Å². The molecular weight excluding hydrogens is 550 g/mol. The Labute approximate surface area is 248 Å². The first-order valence-corrected chi connectivity index (χ1v) is 15.6. The molecule has 1 saturated heterocycles. The molecule has 0 bridgehead atoms. The molecule has 2 N–H and O–H groups in total. The van der Waals surface area contributed by atoms with Crippen LogP contribution in [0.5, 0.6) is 0 Å². The maximum Gasteiger partial charge on any atom is 0.261 e. The number of likely N-dealkylation sites (N-methyl/N-ethyl adjacent to an activating group) is 1. The van der Waals surface area contributed by atoms with Gasteiger partial charge in [-0.25, -0.2) is 8.42 Å². The van der Waals surface area contributed by atoms with E-state index in [2.05, 4.69) is 28.6 Å². The lowest BCUT2D eigenvalue weighted by molar-refractivity contribution is -0.275. The van der Waals surface area contributed by atoms with Crippen molar-refractivity contribution >= 4 is 15.7 Å². The Bertz CT molecular complexity index is 1520. The second-order valence-corrected chi connectivity index (χ2v) is 12.4. The van der Waals surface area contributed by atoms with E-state index in [0.717, 1.165) is 35.3 Å². The van der Waals surface area contributed by atoms with Crippen LogP contribution in [0.2, 0.25) is 0 Å². The number of sulfonamides is 1. The molecule has 0 amide bonds. The minimum absolute atomic E-state index is 0.0167. The molecule has 3 aromatic carbocycles. The maximum atomic E-state index is 12.8. The van der Waals surface area contributed by atoms with Gasteiger partial charge in [-0.05, 0) is 54.6 Å². The van der Waals surface area contributed by atoms with Crippen molar-refractivity contribution in [2.75, 3.05) is 24.9 Å². The summed E-state index contributed by atoms with van der Waals surface area (Å²) in [6.45, 7) is 3.66. The SMILES string of the molecule is C[C@@H]1[C@H](CN(C)CCc2ccccn2)O[C@H](c2ccc(NS(=O)(=O)c3ccccc3)cc2)O[C@@H]1c1ccc(CO)cc1. The van der Waals surface area contributed by atoms with Gasteiger partial charge in [0.25, 0.3) is 10.0 Å². The normalized spacial score (nSPS) is 20.9. The van der Waals surface area contributed by atoms with Crippen LogP contribution in [0.15, 0.2) is 108 Å². The summed E-state index contributed by atoms with van der Waals surface area (Å²) in [5.41, 5.74) is 4.15. The fraction of sp³-hybridized carbons (Fsp3) is 0.303. The topological polar surface area (TPSA) is 101 Å². The Balaban J connectivity index is 1.33. The fourth-order valence-electron chi connectivity index (χ4n) is 5.10. The van der Waals surface area contributed by atoms with Crippen LogP contribution in [0.3, 0.4) is 0 Å². The smallest absolute Gasteiger partial charge is 0.261 e. The minimum atomic E-state index is -3.70. The number of anilines is 1. The van der Waals surface area contributed by atoms with Crippen LogP contribution in [0, 0.1) is 5.92 Å². The lowest BCUT2D eigenvalue weighted by Crippen LogP contribution is -2.43. The standard InChI is InChI=1S/C33H37N3O5S/c1-24-31(22-36(2)21-19-28-8-6-7-20-34-28)40-33(41-32(24)26-13-11-25(23-37)12-14-26)27-15-17-29(18-16-27)35-42(38,39)30-9-4-3-5-10-30/h3-18,20,24,31-33,35,37H,19,21-23H2,1-2H3/t24-,31+,32+,33+/m1/s1. The van der Waals surface area contributed by atoms with Gasteiger partial charge in [0.2, 0.25) is 0 Å². The lowest BCUT2D eigenvalue weighted by Gasteiger charge is -2.42. The van der Waals surface area contributed by atoms with Crippen LogP contribution >= 0.6 is 0 Å². The average molecular weight is 588 g/mol. The molecule has 0 unspecified atom stereocenters. The molecule has 1 aliphatic rings. The quantitative estimate of drug-likeness (QED) is 0.244. The third-order valence-corrected chi connectivity index (χ3v) is 8.98. The number of ether oxygens (including phenoxy) is 2. The summed E-state index contributed by atoms with van der Waals surface area (Å²) in [4.78, 5) is 6.89. The monoisotopic (exact) mass is 587 g/mol. The van der Waals surface area contributed by atoms with E-state index in [-0.39, 0.29) is 29.6 Å². The second-order valence-electron chi connectivity index (χ2n) is 10.7. The van der Waals surface area contributed by atoms with Crippen molar-refractivity contribution in [1.82, 2.24) is 9.88 Å². The third kappa shape index (κ3) is 7.42. The van der Waals surface area contributed by atoms with Crippen LogP contribution in [-0.2, 0) is 32.5 Å². The van der Waals surface area contributed by atoms with E-state index in [1.54, 1.807) is 42.5 Å². The van der Waals surface area contributed by atoms with Crippen LogP contribution in [0.25, 0.3) is 0 Å². The van der Waals surface area contributed by atoms with Crippen molar-refractivity contribution in [2.24, 2.45) is 5.92 Å². The highest BCUT2D eigenvalue weighted by atomic mass is 32.2. The van der Waals surface area contributed by atoms with E-state index in [9.17, 15) is 13.5 Å². The van der Waals surface area contributed by atoms with E-state index in [1.165, 1.54) is 0 Å². The van der Waals surface area contributed by atoms with Crippen molar-refractivity contribution in [3.05, 3.63) is 126 Å². The zero-order valence-corrected chi connectivity index (χ0v) is 24.7. The van der Waals surface area contributed by atoms with Gasteiger partial charge in [0, 0.05) is 48.6 Å². The van der Waals surface area contributed by atoms with Crippen LogP contribution in [0.1, 0.15) is 41.7 Å². The van der Waals surface area contributed by atoms with E-state index < -0.39 is 16.3 Å². The third-order valence-electron chi connectivity index (χ3n) is 7.58. The Morgan fingerprint density at radius 2 is 1.57 bits per heavy atom. The summed E-state index contributed by atoms with van der Waals surface area (Å²) in [6.07, 6.45) is 1.65. The molecular formula is C33H37N3O5S. The number of nitrogens with one attached hydrogen (secondary N) is 1. The van der Waals surface area contributed by atoms with Crippen molar-refractivity contribution in [2.45, 2.75) is 43.3 Å². The van der Waals surface area contributed by atoms with E-state index >= 15 is 0 Å². The fourth-order valence-corrected chi connectivity index (χ4v) is 6.18. The van der Waals surface area contributed by atoms with Gasteiger partial charge in [-0.15, -0.1) is 0 Å². The number of aromatic nitrogens is 1. The zero-order valence-electron chi connectivity index (χ0n) is 23.8. The molecule has 0 saturated carbocycles. The summed E-state index contributed by atoms with van der Waals surface area (Å²) in [6, 6.07) is 29.2. The molecule has 1 aliphatic heterocycles. The maximum absolute atomic E-state index is 12.8. The van der Waals surface area contributed by atoms with Crippen molar-refractivity contribution in [3.8, 4) is 0 Å².